The Morgan fingerprint density at radius 3 is 2.79 bits per heavy atom. The number of amides is 2. The Bertz CT molecular complexity index is 1180. The van der Waals surface area contributed by atoms with Gasteiger partial charge < -0.3 is 14.7 Å². The summed E-state index contributed by atoms with van der Waals surface area (Å²) in [6.07, 6.45) is 3.12. The van der Waals surface area contributed by atoms with E-state index in [1.54, 1.807) is 17.0 Å². The van der Waals surface area contributed by atoms with Crippen molar-refractivity contribution in [2.45, 2.75) is 32.2 Å². The summed E-state index contributed by atoms with van der Waals surface area (Å²) in [6, 6.07) is 13.4. The van der Waals surface area contributed by atoms with E-state index in [2.05, 4.69) is 20.4 Å². The maximum absolute atomic E-state index is 13.1. The highest BCUT2D eigenvalue weighted by atomic mass is 19.1. The molecule has 3 aromatic rings. The van der Waals surface area contributed by atoms with Gasteiger partial charge in [-0.15, -0.1) is 0 Å². The van der Waals surface area contributed by atoms with Gasteiger partial charge in [-0.05, 0) is 68.3 Å². The Morgan fingerprint density at radius 2 is 2.00 bits per heavy atom. The van der Waals surface area contributed by atoms with Crippen LogP contribution in [0.5, 0.6) is 0 Å². The Labute approximate surface area is 196 Å². The van der Waals surface area contributed by atoms with Crippen LogP contribution in [0.25, 0.3) is 11.4 Å². The monoisotopic (exact) mass is 463 g/mol. The summed E-state index contributed by atoms with van der Waals surface area (Å²) in [7, 11) is 0. The summed E-state index contributed by atoms with van der Waals surface area (Å²) in [4.78, 5) is 33.3. The molecule has 9 heteroatoms. The van der Waals surface area contributed by atoms with E-state index in [0.717, 1.165) is 31.5 Å². The normalized spacial score (nSPS) is 18.9. The van der Waals surface area contributed by atoms with E-state index in [0.29, 0.717) is 49.0 Å². The van der Waals surface area contributed by atoms with Crippen LogP contribution in [0, 0.1) is 11.7 Å². The van der Waals surface area contributed by atoms with Crippen LogP contribution >= 0.6 is 0 Å². The van der Waals surface area contributed by atoms with Crippen molar-refractivity contribution in [2.75, 3.05) is 29.9 Å². The molecule has 0 bridgehead atoms. The quantitative estimate of drug-likeness (QED) is 0.597. The zero-order valence-corrected chi connectivity index (χ0v) is 18.7. The third-order valence-electron chi connectivity index (χ3n) is 6.30. The predicted octanol–water partition coefficient (Wildman–Crippen LogP) is 3.85. The van der Waals surface area contributed by atoms with E-state index >= 15 is 0 Å². The van der Waals surface area contributed by atoms with Gasteiger partial charge in [0, 0.05) is 36.4 Å². The smallest absolute Gasteiger partial charge is 0.241 e. The third-order valence-corrected chi connectivity index (χ3v) is 6.30. The average Bonchev–Trinajstić information content (AvgIpc) is 3.49. The summed E-state index contributed by atoms with van der Waals surface area (Å²) < 4.78 is 18.5. The third kappa shape index (κ3) is 4.99. The van der Waals surface area contributed by atoms with Crippen LogP contribution in [0.1, 0.15) is 31.6 Å². The second kappa shape index (κ2) is 9.72. The van der Waals surface area contributed by atoms with Gasteiger partial charge in [-0.2, -0.15) is 4.98 Å². The molecular formula is C25H26FN5O3. The van der Waals surface area contributed by atoms with Crippen LogP contribution in [0.4, 0.5) is 15.8 Å². The minimum atomic E-state index is -0.318. The van der Waals surface area contributed by atoms with Crippen LogP contribution in [-0.2, 0) is 16.1 Å². The van der Waals surface area contributed by atoms with Crippen LogP contribution in [0.3, 0.4) is 0 Å². The van der Waals surface area contributed by atoms with Gasteiger partial charge in [-0.25, -0.2) is 4.39 Å². The average molecular weight is 464 g/mol. The molecule has 2 aliphatic rings. The molecule has 2 fully saturated rings. The first kappa shape index (κ1) is 22.2. The van der Waals surface area contributed by atoms with Crippen molar-refractivity contribution >= 4 is 23.2 Å². The number of anilines is 2. The number of hydrogen-bond acceptors (Lipinski definition) is 6. The molecule has 0 radical (unpaired) electrons. The Kier molecular flexibility index (Phi) is 6.35. The first-order chi connectivity index (χ1) is 16.5. The second-order valence-electron chi connectivity index (χ2n) is 8.78. The molecule has 0 aliphatic carbocycles. The molecule has 176 valence electrons. The van der Waals surface area contributed by atoms with Gasteiger partial charge in [0.05, 0.1) is 12.5 Å². The van der Waals surface area contributed by atoms with Crippen LogP contribution in [0.2, 0.25) is 0 Å². The fourth-order valence-corrected chi connectivity index (χ4v) is 4.56. The molecule has 0 saturated carbocycles. The zero-order chi connectivity index (χ0) is 23.5. The SMILES string of the molecule is O=C(Nc1cccc(N2CCCC2=O)c1)C1CCCN(Cc2nc(-c3ccc(F)cc3)no2)C1. The highest BCUT2D eigenvalue weighted by Gasteiger charge is 2.27. The standard InChI is InChI=1S/C25H26FN5O3/c26-19-10-8-17(9-11-19)24-28-22(34-29-24)16-30-12-2-4-18(15-30)25(33)27-20-5-1-6-21(14-20)31-13-3-7-23(31)32/h1,5-6,8-11,14,18H,2-4,7,12-13,15-16H2,(H,27,33). The lowest BCUT2D eigenvalue weighted by Gasteiger charge is -2.31. The van der Waals surface area contributed by atoms with Gasteiger partial charge in [-0.3, -0.25) is 14.5 Å². The van der Waals surface area contributed by atoms with Crippen molar-refractivity contribution in [3.63, 3.8) is 0 Å². The van der Waals surface area contributed by atoms with E-state index < -0.39 is 0 Å². The molecule has 2 saturated heterocycles. The van der Waals surface area contributed by atoms with Crippen molar-refractivity contribution in [3.05, 3.63) is 60.2 Å². The molecule has 2 aliphatic heterocycles. The fourth-order valence-electron chi connectivity index (χ4n) is 4.56. The van der Waals surface area contributed by atoms with Gasteiger partial charge in [0.15, 0.2) is 0 Å². The number of aromatic nitrogens is 2. The molecule has 2 amide bonds. The molecule has 3 heterocycles. The van der Waals surface area contributed by atoms with Gasteiger partial charge in [-0.1, -0.05) is 11.2 Å². The topological polar surface area (TPSA) is 91.6 Å². The Morgan fingerprint density at radius 1 is 1.15 bits per heavy atom. The number of likely N-dealkylation sites (tertiary alicyclic amines) is 1. The summed E-state index contributed by atoms with van der Waals surface area (Å²) in [5.41, 5.74) is 2.20. The summed E-state index contributed by atoms with van der Waals surface area (Å²) in [6.45, 7) is 2.59. The van der Waals surface area contributed by atoms with Crippen molar-refractivity contribution in [2.24, 2.45) is 5.92 Å². The summed E-state index contributed by atoms with van der Waals surface area (Å²) in [5.74, 6) is 0.481. The fraction of sp³-hybridized carbons (Fsp3) is 0.360. The lowest BCUT2D eigenvalue weighted by molar-refractivity contribution is -0.121. The van der Waals surface area contributed by atoms with E-state index in [4.69, 9.17) is 4.52 Å². The Hall–Kier alpha value is -3.59. The molecular weight excluding hydrogens is 437 g/mol. The molecule has 0 spiro atoms. The minimum absolute atomic E-state index is 0.0351. The first-order valence-corrected chi connectivity index (χ1v) is 11.6. The number of benzene rings is 2. The van der Waals surface area contributed by atoms with Crippen LogP contribution in [0.15, 0.2) is 53.1 Å². The van der Waals surface area contributed by atoms with Gasteiger partial charge in [0.1, 0.15) is 5.82 Å². The molecule has 34 heavy (non-hydrogen) atoms. The number of nitrogens with zero attached hydrogens (tertiary/aromatic N) is 4. The van der Waals surface area contributed by atoms with E-state index in [1.165, 1.54) is 12.1 Å². The van der Waals surface area contributed by atoms with Crippen LogP contribution in [-0.4, -0.2) is 46.5 Å². The number of rotatable bonds is 6. The molecule has 1 atom stereocenters. The molecule has 8 nitrogen and oxygen atoms in total. The summed E-state index contributed by atoms with van der Waals surface area (Å²) in [5, 5.41) is 7.01. The highest BCUT2D eigenvalue weighted by molar-refractivity contribution is 5.97. The number of piperidine rings is 1. The van der Waals surface area contributed by atoms with Gasteiger partial charge in [0.2, 0.25) is 23.5 Å². The van der Waals surface area contributed by atoms with E-state index in [-0.39, 0.29) is 23.5 Å². The van der Waals surface area contributed by atoms with Crippen molar-refractivity contribution in [3.8, 4) is 11.4 Å². The molecule has 1 aromatic heterocycles. The largest absolute Gasteiger partial charge is 0.338 e. The second-order valence-corrected chi connectivity index (χ2v) is 8.78. The minimum Gasteiger partial charge on any atom is -0.338 e. The molecule has 5 rings (SSSR count). The number of carbonyl (C=O) groups excluding carboxylic acids is 2. The number of carbonyl (C=O) groups is 2. The van der Waals surface area contributed by atoms with Crippen molar-refractivity contribution in [1.29, 1.82) is 0 Å². The zero-order valence-electron chi connectivity index (χ0n) is 18.7. The van der Waals surface area contributed by atoms with Crippen molar-refractivity contribution < 1.29 is 18.5 Å². The van der Waals surface area contributed by atoms with E-state index in [1.807, 2.05) is 24.3 Å². The highest BCUT2D eigenvalue weighted by Crippen LogP contribution is 2.26. The lowest BCUT2D eigenvalue weighted by Crippen LogP contribution is -2.40. The van der Waals surface area contributed by atoms with Crippen molar-refractivity contribution in [1.82, 2.24) is 15.0 Å². The summed E-state index contributed by atoms with van der Waals surface area (Å²) >= 11 is 0. The van der Waals surface area contributed by atoms with Gasteiger partial charge >= 0.3 is 0 Å². The van der Waals surface area contributed by atoms with E-state index in [9.17, 15) is 14.0 Å². The molecule has 1 N–H and O–H groups in total. The van der Waals surface area contributed by atoms with Gasteiger partial charge in [0.25, 0.3) is 0 Å². The number of hydrogen-bond donors (Lipinski definition) is 1. The number of nitrogens with one attached hydrogen (secondary N) is 1. The lowest BCUT2D eigenvalue weighted by atomic mass is 9.97. The van der Waals surface area contributed by atoms with Crippen LogP contribution < -0.4 is 10.2 Å². The maximum atomic E-state index is 13.1. The number of halogens is 1. The first-order valence-electron chi connectivity index (χ1n) is 11.6. The maximum Gasteiger partial charge on any atom is 0.241 e. The molecule has 1 unspecified atom stereocenters. The predicted molar refractivity (Wildman–Crippen MR) is 124 cm³/mol. The molecule has 2 aromatic carbocycles. The Balaban J connectivity index is 1.19.